The van der Waals surface area contributed by atoms with Crippen LogP contribution in [0, 0.1) is 0 Å². The molecule has 2 aliphatic rings. The van der Waals surface area contributed by atoms with Crippen LogP contribution in [0.25, 0.3) is 11.4 Å². The highest BCUT2D eigenvalue weighted by molar-refractivity contribution is 5.82. The standard InChI is InChI=1S/C19H25N5O4/c1-27-15-4-2-13(3-5-15)18-21-17(28-22-18)12-23-6-8-24(9-7-23)19(26)16-10-14(25)11-20-16/h2-5,14,16,20,25H,6-12H2,1H3. The molecule has 3 heterocycles. The van der Waals surface area contributed by atoms with E-state index >= 15 is 0 Å². The van der Waals surface area contributed by atoms with Gasteiger partial charge in [0.25, 0.3) is 0 Å². The van der Waals surface area contributed by atoms with Crippen LogP contribution in [0.5, 0.6) is 5.75 Å². The summed E-state index contributed by atoms with van der Waals surface area (Å²) in [6.45, 7) is 3.87. The zero-order valence-corrected chi connectivity index (χ0v) is 15.9. The van der Waals surface area contributed by atoms with E-state index in [-0.39, 0.29) is 11.9 Å². The molecule has 2 aliphatic heterocycles. The van der Waals surface area contributed by atoms with E-state index in [9.17, 15) is 9.90 Å². The van der Waals surface area contributed by atoms with E-state index in [0.29, 0.717) is 44.3 Å². The zero-order chi connectivity index (χ0) is 19.5. The lowest BCUT2D eigenvalue weighted by Gasteiger charge is -2.35. The number of hydrogen-bond donors (Lipinski definition) is 2. The number of ether oxygens (including phenoxy) is 1. The Morgan fingerprint density at radius 1 is 1.29 bits per heavy atom. The second-order valence-electron chi connectivity index (χ2n) is 7.19. The quantitative estimate of drug-likeness (QED) is 0.745. The van der Waals surface area contributed by atoms with Crippen LogP contribution < -0.4 is 10.1 Å². The zero-order valence-electron chi connectivity index (χ0n) is 15.9. The Kier molecular flexibility index (Phi) is 5.56. The van der Waals surface area contributed by atoms with Gasteiger partial charge in [-0.1, -0.05) is 5.16 Å². The number of nitrogens with zero attached hydrogens (tertiary/aromatic N) is 4. The molecule has 0 radical (unpaired) electrons. The summed E-state index contributed by atoms with van der Waals surface area (Å²) >= 11 is 0. The summed E-state index contributed by atoms with van der Waals surface area (Å²) in [5.74, 6) is 1.97. The summed E-state index contributed by atoms with van der Waals surface area (Å²) in [4.78, 5) is 21.0. The first kappa shape index (κ1) is 18.9. The molecule has 1 amide bonds. The number of rotatable bonds is 5. The number of aliphatic hydroxyl groups is 1. The first-order chi connectivity index (χ1) is 13.6. The molecule has 2 fully saturated rings. The number of carbonyl (C=O) groups is 1. The van der Waals surface area contributed by atoms with Crippen molar-refractivity contribution >= 4 is 5.91 Å². The van der Waals surface area contributed by atoms with Gasteiger partial charge in [0.05, 0.1) is 25.8 Å². The average molecular weight is 387 g/mol. The fourth-order valence-corrected chi connectivity index (χ4v) is 3.62. The molecule has 2 atom stereocenters. The van der Waals surface area contributed by atoms with Crippen LogP contribution in [0.2, 0.25) is 0 Å². The summed E-state index contributed by atoms with van der Waals surface area (Å²) in [7, 11) is 1.63. The van der Waals surface area contributed by atoms with E-state index in [2.05, 4.69) is 20.4 Å². The van der Waals surface area contributed by atoms with Gasteiger partial charge in [0.1, 0.15) is 5.75 Å². The van der Waals surface area contributed by atoms with E-state index in [4.69, 9.17) is 9.26 Å². The van der Waals surface area contributed by atoms with Gasteiger partial charge in [-0.25, -0.2) is 0 Å². The number of β-amino-alcohol motifs (C(OH)–C–C–N with tert-alkyl or cyclic N) is 1. The molecule has 0 saturated carbocycles. The molecule has 0 spiro atoms. The van der Waals surface area contributed by atoms with Crippen LogP contribution in [-0.2, 0) is 11.3 Å². The maximum atomic E-state index is 12.5. The van der Waals surface area contributed by atoms with E-state index in [0.717, 1.165) is 24.4 Å². The van der Waals surface area contributed by atoms with Crippen LogP contribution >= 0.6 is 0 Å². The van der Waals surface area contributed by atoms with Crippen molar-refractivity contribution < 1.29 is 19.2 Å². The van der Waals surface area contributed by atoms with Crippen LogP contribution in [0.4, 0.5) is 0 Å². The number of benzene rings is 1. The van der Waals surface area contributed by atoms with Gasteiger partial charge in [-0.15, -0.1) is 0 Å². The van der Waals surface area contributed by atoms with Crippen molar-refractivity contribution in [1.29, 1.82) is 0 Å². The smallest absolute Gasteiger partial charge is 0.241 e. The lowest BCUT2D eigenvalue weighted by Crippen LogP contribution is -2.52. The number of amides is 1. The van der Waals surface area contributed by atoms with Crippen molar-refractivity contribution in [2.24, 2.45) is 0 Å². The molecule has 2 N–H and O–H groups in total. The molecule has 9 nitrogen and oxygen atoms in total. The fraction of sp³-hybridized carbons (Fsp3) is 0.526. The van der Waals surface area contributed by atoms with Gasteiger partial charge in [0.15, 0.2) is 0 Å². The van der Waals surface area contributed by atoms with E-state index in [1.54, 1.807) is 7.11 Å². The van der Waals surface area contributed by atoms with E-state index in [1.807, 2.05) is 29.2 Å². The van der Waals surface area contributed by atoms with Gasteiger partial charge < -0.3 is 24.6 Å². The van der Waals surface area contributed by atoms with Crippen molar-refractivity contribution in [2.75, 3.05) is 39.8 Å². The third kappa shape index (κ3) is 4.16. The van der Waals surface area contributed by atoms with Crippen molar-refractivity contribution in [2.45, 2.75) is 25.1 Å². The molecule has 9 heteroatoms. The van der Waals surface area contributed by atoms with Crippen molar-refractivity contribution in [3.63, 3.8) is 0 Å². The number of aliphatic hydroxyl groups excluding tert-OH is 1. The molecule has 150 valence electrons. The Balaban J connectivity index is 1.29. The molecule has 28 heavy (non-hydrogen) atoms. The summed E-state index contributed by atoms with van der Waals surface area (Å²) in [6.07, 6.45) is 0.0717. The Bertz CT molecular complexity index is 801. The first-order valence-electron chi connectivity index (χ1n) is 9.52. The third-order valence-corrected chi connectivity index (χ3v) is 5.26. The summed E-state index contributed by atoms with van der Waals surface area (Å²) in [6, 6.07) is 7.25. The third-order valence-electron chi connectivity index (χ3n) is 5.26. The minimum Gasteiger partial charge on any atom is -0.497 e. The number of nitrogens with one attached hydrogen (secondary N) is 1. The predicted octanol–water partition coefficient (Wildman–Crippen LogP) is 0.112. The lowest BCUT2D eigenvalue weighted by atomic mass is 10.1. The number of hydrogen-bond acceptors (Lipinski definition) is 8. The van der Waals surface area contributed by atoms with Gasteiger partial charge in [-0.2, -0.15) is 4.98 Å². The number of carbonyl (C=O) groups excluding carboxylic acids is 1. The lowest BCUT2D eigenvalue weighted by molar-refractivity contribution is -0.135. The molecule has 2 aromatic rings. The topological polar surface area (TPSA) is 104 Å². The summed E-state index contributed by atoms with van der Waals surface area (Å²) < 4.78 is 10.6. The molecule has 4 rings (SSSR count). The minimum atomic E-state index is -0.423. The van der Waals surface area contributed by atoms with Crippen molar-refractivity contribution in [3.8, 4) is 17.1 Å². The van der Waals surface area contributed by atoms with E-state index < -0.39 is 6.10 Å². The van der Waals surface area contributed by atoms with Gasteiger partial charge in [0, 0.05) is 38.3 Å². The number of aromatic nitrogens is 2. The highest BCUT2D eigenvalue weighted by Crippen LogP contribution is 2.20. The Morgan fingerprint density at radius 2 is 2.04 bits per heavy atom. The normalized spacial score (nSPS) is 23.1. The fourth-order valence-electron chi connectivity index (χ4n) is 3.62. The van der Waals surface area contributed by atoms with Gasteiger partial charge in [0.2, 0.25) is 17.6 Å². The van der Waals surface area contributed by atoms with Crippen molar-refractivity contribution in [3.05, 3.63) is 30.2 Å². The molecular formula is C19H25N5O4. The summed E-state index contributed by atoms with van der Waals surface area (Å²) in [5.41, 5.74) is 0.873. The van der Waals surface area contributed by atoms with Gasteiger partial charge in [-0.3, -0.25) is 9.69 Å². The van der Waals surface area contributed by atoms with E-state index in [1.165, 1.54) is 0 Å². The van der Waals surface area contributed by atoms with Crippen LogP contribution in [0.3, 0.4) is 0 Å². The van der Waals surface area contributed by atoms with Crippen molar-refractivity contribution in [1.82, 2.24) is 25.3 Å². The first-order valence-corrected chi connectivity index (χ1v) is 9.52. The molecule has 0 aliphatic carbocycles. The maximum absolute atomic E-state index is 12.5. The van der Waals surface area contributed by atoms with Gasteiger partial charge in [-0.05, 0) is 30.7 Å². The second-order valence-corrected chi connectivity index (χ2v) is 7.19. The van der Waals surface area contributed by atoms with Crippen LogP contribution in [0.15, 0.2) is 28.8 Å². The number of piperazine rings is 1. The SMILES string of the molecule is COc1ccc(-c2noc(CN3CCN(C(=O)C4CC(O)CN4)CC3)n2)cc1. The highest BCUT2D eigenvalue weighted by Gasteiger charge is 2.32. The second kappa shape index (κ2) is 8.26. The largest absolute Gasteiger partial charge is 0.497 e. The predicted molar refractivity (Wildman–Crippen MR) is 101 cm³/mol. The minimum absolute atomic E-state index is 0.0794. The average Bonchev–Trinajstić information content (AvgIpc) is 3.37. The monoisotopic (exact) mass is 387 g/mol. The molecule has 2 unspecified atom stereocenters. The van der Waals surface area contributed by atoms with Crippen LogP contribution in [-0.4, -0.2) is 82.9 Å². The molecule has 1 aromatic carbocycles. The summed E-state index contributed by atoms with van der Waals surface area (Å²) in [5, 5.41) is 16.7. The Labute approximate surface area is 163 Å². The number of methoxy groups -OCH3 is 1. The maximum Gasteiger partial charge on any atom is 0.241 e. The Hall–Kier alpha value is -2.49. The molecule has 0 bridgehead atoms. The molecule has 2 saturated heterocycles. The van der Waals surface area contributed by atoms with Gasteiger partial charge >= 0.3 is 0 Å². The molecular weight excluding hydrogens is 362 g/mol. The highest BCUT2D eigenvalue weighted by atomic mass is 16.5. The Morgan fingerprint density at radius 3 is 2.68 bits per heavy atom. The van der Waals surface area contributed by atoms with Crippen LogP contribution in [0.1, 0.15) is 12.3 Å². The molecule has 1 aromatic heterocycles.